The molecule has 0 unspecified atom stereocenters. The molecule has 0 aliphatic carbocycles. The highest BCUT2D eigenvalue weighted by Gasteiger charge is 2.70. The number of amides is 1. The van der Waals surface area contributed by atoms with Crippen LogP contribution in [0.5, 0.6) is 0 Å². The Morgan fingerprint density at radius 2 is 2.11 bits per heavy atom. The topological polar surface area (TPSA) is 148 Å². The number of thioether (sulfide) groups is 1. The molecule has 1 amide bonds. The zero-order valence-electron chi connectivity index (χ0n) is 14.6. The first-order valence-corrected chi connectivity index (χ1v) is 10.6. The molecule has 2 aliphatic rings. The maximum absolute atomic E-state index is 12.8. The zero-order valence-corrected chi connectivity index (χ0v) is 16.2. The van der Waals surface area contributed by atoms with Gasteiger partial charge in [0.15, 0.2) is 15.9 Å². The van der Waals surface area contributed by atoms with Crippen molar-refractivity contribution in [3.63, 3.8) is 0 Å². The number of carbonyl (C=O) groups excluding carboxylic acids is 2. The van der Waals surface area contributed by atoms with Gasteiger partial charge >= 0.3 is 5.97 Å². The summed E-state index contributed by atoms with van der Waals surface area (Å²) in [7, 11) is -3.87. The average molecular weight is 425 g/mol. The third-order valence-electron chi connectivity index (χ3n) is 4.99. The quantitative estimate of drug-likeness (QED) is 0.214. The van der Waals surface area contributed by atoms with Gasteiger partial charge < -0.3 is 9.64 Å². The Balaban J connectivity index is 1.81. The number of thiocyanates is 1. The van der Waals surface area contributed by atoms with E-state index in [1.165, 1.54) is 31.2 Å². The second-order valence-electron chi connectivity index (χ2n) is 6.63. The van der Waals surface area contributed by atoms with Gasteiger partial charge in [-0.15, -0.1) is 0 Å². The zero-order chi connectivity index (χ0) is 20.7. The standard InChI is InChI=1S/C16H15N3O7S2/c1-16(8-27-9-17)14(18-12(20)6-13(18)28(16,24)25)15(21)26-7-10-2-4-11(5-3-10)19(22)23/h2-5,13-14H,6-8H2,1H3/t13-,14+,16+/m1/s1. The van der Waals surface area contributed by atoms with Crippen LogP contribution in [0.1, 0.15) is 18.9 Å². The van der Waals surface area contributed by atoms with Gasteiger partial charge in [-0.25, -0.2) is 13.2 Å². The number of hydrogen-bond acceptors (Lipinski definition) is 9. The smallest absolute Gasteiger partial charge is 0.330 e. The lowest BCUT2D eigenvalue weighted by Crippen LogP contribution is -2.58. The minimum absolute atomic E-state index is 0.118. The SMILES string of the molecule is C[C@]1(CSC#N)[C@H](C(=O)OCc2ccc([N+](=O)[O-])cc2)N2C(=O)C[C@H]2S1(=O)=O. The number of hydrogen-bond donors (Lipinski definition) is 0. The molecule has 0 N–H and O–H groups in total. The van der Waals surface area contributed by atoms with Crippen molar-refractivity contribution in [1.29, 1.82) is 5.26 Å². The predicted octanol–water partition coefficient (Wildman–Crippen LogP) is 0.966. The Kier molecular flexibility index (Phi) is 5.07. The van der Waals surface area contributed by atoms with Gasteiger partial charge in [-0.3, -0.25) is 14.9 Å². The van der Waals surface area contributed by atoms with Crippen molar-refractivity contribution in [1.82, 2.24) is 4.90 Å². The molecular formula is C16H15N3O7S2. The van der Waals surface area contributed by atoms with Crippen LogP contribution in [0.2, 0.25) is 0 Å². The van der Waals surface area contributed by atoms with Crippen LogP contribution in [0, 0.1) is 20.8 Å². The molecule has 1 aromatic rings. The Labute approximate surface area is 164 Å². The molecule has 0 aromatic heterocycles. The van der Waals surface area contributed by atoms with Crippen molar-refractivity contribution < 1.29 is 27.7 Å². The van der Waals surface area contributed by atoms with E-state index in [9.17, 15) is 28.1 Å². The van der Waals surface area contributed by atoms with Gasteiger partial charge in [-0.05, 0) is 36.4 Å². The molecule has 3 rings (SSSR count). The van der Waals surface area contributed by atoms with Crippen molar-refractivity contribution in [3.8, 4) is 5.40 Å². The molecule has 2 heterocycles. The van der Waals surface area contributed by atoms with Crippen molar-refractivity contribution in [2.24, 2.45) is 0 Å². The number of esters is 1. The van der Waals surface area contributed by atoms with Gasteiger partial charge in [0.05, 0.1) is 11.3 Å². The summed E-state index contributed by atoms with van der Waals surface area (Å²) in [6.45, 7) is 1.11. The first-order chi connectivity index (χ1) is 13.1. The van der Waals surface area contributed by atoms with Gasteiger partial charge in [-0.2, -0.15) is 5.26 Å². The lowest BCUT2D eigenvalue weighted by atomic mass is 9.98. The van der Waals surface area contributed by atoms with E-state index >= 15 is 0 Å². The summed E-state index contributed by atoms with van der Waals surface area (Å²) in [6.07, 6.45) is -0.193. The largest absolute Gasteiger partial charge is 0.459 e. The van der Waals surface area contributed by atoms with Crippen molar-refractivity contribution in [2.45, 2.75) is 36.1 Å². The van der Waals surface area contributed by atoms with Crippen LogP contribution in [0.4, 0.5) is 5.69 Å². The Hall–Kier alpha value is -2.65. The maximum Gasteiger partial charge on any atom is 0.330 e. The second-order valence-corrected chi connectivity index (χ2v) is 9.96. The van der Waals surface area contributed by atoms with Crippen LogP contribution in [0.3, 0.4) is 0 Å². The molecule has 2 aliphatic heterocycles. The highest BCUT2D eigenvalue weighted by molar-refractivity contribution is 8.05. The van der Waals surface area contributed by atoms with E-state index in [1.54, 1.807) is 5.40 Å². The lowest BCUT2D eigenvalue weighted by Gasteiger charge is -2.36. The first-order valence-electron chi connectivity index (χ1n) is 8.09. The van der Waals surface area contributed by atoms with E-state index in [2.05, 4.69) is 0 Å². The number of nitriles is 1. The van der Waals surface area contributed by atoms with Crippen molar-refractivity contribution >= 4 is 39.2 Å². The maximum atomic E-state index is 12.8. The monoisotopic (exact) mass is 425 g/mol. The number of rotatable bonds is 6. The van der Waals surface area contributed by atoms with Gasteiger partial charge in [-0.1, -0.05) is 0 Å². The summed E-state index contributed by atoms with van der Waals surface area (Å²) in [5, 5.41) is 20.2. The van der Waals surface area contributed by atoms with Gasteiger partial charge in [0.2, 0.25) is 5.91 Å². The molecule has 148 valence electrons. The highest BCUT2D eigenvalue weighted by atomic mass is 32.2. The molecule has 12 heteroatoms. The van der Waals surface area contributed by atoms with Crippen LogP contribution in [0.15, 0.2) is 24.3 Å². The van der Waals surface area contributed by atoms with Gasteiger partial charge in [0, 0.05) is 17.9 Å². The van der Waals surface area contributed by atoms with Crippen LogP contribution < -0.4 is 0 Å². The molecule has 3 atom stereocenters. The van der Waals surface area contributed by atoms with E-state index in [4.69, 9.17) is 10.00 Å². The number of carbonyl (C=O) groups is 2. The number of β-lactam (4-membered cyclic amide) rings is 1. The fourth-order valence-electron chi connectivity index (χ4n) is 3.38. The average Bonchev–Trinajstić information content (AvgIpc) is 2.79. The van der Waals surface area contributed by atoms with E-state index in [-0.39, 0.29) is 24.5 Å². The Morgan fingerprint density at radius 3 is 2.64 bits per heavy atom. The molecule has 1 aromatic carbocycles. The van der Waals surface area contributed by atoms with Crippen LogP contribution in [-0.2, 0) is 30.8 Å². The number of fused-ring (bicyclic) bond motifs is 1. The molecule has 0 radical (unpaired) electrons. The predicted molar refractivity (Wildman–Crippen MR) is 97.3 cm³/mol. The minimum Gasteiger partial charge on any atom is -0.459 e. The summed E-state index contributed by atoms with van der Waals surface area (Å²) >= 11 is 0.696. The summed E-state index contributed by atoms with van der Waals surface area (Å²) < 4.78 is 29.2. The van der Waals surface area contributed by atoms with Crippen LogP contribution in [0.25, 0.3) is 0 Å². The normalized spacial score (nSPS) is 27.4. The third-order valence-corrected chi connectivity index (χ3v) is 8.82. The summed E-state index contributed by atoms with van der Waals surface area (Å²) in [5.74, 6) is -1.53. The number of non-ortho nitro benzene ring substituents is 1. The first kappa shape index (κ1) is 20.1. The van der Waals surface area contributed by atoms with E-state index < -0.39 is 42.8 Å². The molecular weight excluding hydrogens is 410 g/mol. The van der Waals surface area contributed by atoms with E-state index in [0.29, 0.717) is 17.3 Å². The van der Waals surface area contributed by atoms with Gasteiger partial charge in [0.25, 0.3) is 5.69 Å². The summed E-state index contributed by atoms with van der Waals surface area (Å²) in [4.78, 5) is 35.8. The minimum atomic E-state index is -3.87. The number of nitro benzene ring substituents is 1. The van der Waals surface area contributed by atoms with Crippen LogP contribution in [-0.4, -0.2) is 52.0 Å². The van der Waals surface area contributed by atoms with Crippen molar-refractivity contribution in [3.05, 3.63) is 39.9 Å². The Morgan fingerprint density at radius 1 is 1.46 bits per heavy atom. The number of benzene rings is 1. The molecule has 2 saturated heterocycles. The highest BCUT2D eigenvalue weighted by Crippen LogP contribution is 2.47. The fourth-order valence-corrected chi connectivity index (χ4v) is 6.76. The molecule has 2 fully saturated rings. The van der Waals surface area contributed by atoms with Gasteiger partial charge in [0.1, 0.15) is 22.1 Å². The summed E-state index contributed by atoms with van der Waals surface area (Å²) in [6, 6.07) is 4.00. The summed E-state index contributed by atoms with van der Waals surface area (Å²) in [5.41, 5.74) is 0.353. The molecule has 10 nitrogen and oxygen atoms in total. The third kappa shape index (κ3) is 3.00. The Bertz CT molecular complexity index is 986. The number of ether oxygens (including phenoxy) is 1. The second kappa shape index (κ2) is 7.06. The van der Waals surface area contributed by atoms with E-state index in [1.807, 2.05) is 0 Å². The fraction of sp³-hybridized carbons (Fsp3) is 0.438. The van der Waals surface area contributed by atoms with E-state index in [0.717, 1.165) is 4.90 Å². The molecule has 0 spiro atoms. The lowest BCUT2D eigenvalue weighted by molar-refractivity contribution is -0.384. The number of sulfone groups is 1. The molecule has 0 bridgehead atoms. The van der Waals surface area contributed by atoms with Crippen LogP contribution >= 0.6 is 11.8 Å². The number of nitro groups is 1. The molecule has 28 heavy (non-hydrogen) atoms. The molecule has 0 saturated carbocycles. The van der Waals surface area contributed by atoms with Crippen molar-refractivity contribution in [2.75, 3.05) is 5.75 Å². The number of nitrogens with zero attached hydrogens (tertiary/aromatic N) is 3.